The van der Waals surface area contributed by atoms with Gasteiger partial charge in [0.05, 0.1) is 39.4 Å². The van der Waals surface area contributed by atoms with Crippen LogP contribution >= 0.6 is 22.6 Å². The van der Waals surface area contributed by atoms with Crippen molar-refractivity contribution in [2.75, 3.05) is 7.11 Å². The Morgan fingerprint density at radius 3 is 2.66 bits per heavy atom. The van der Waals surface area contributed by atoms with E-state index in [1.807, 2.05) is 60.7 Å². The van der Waals surface area contributed by atoms with E-state index in [2.05, 4.69) is 33.8 Å². The molecule has 9 heteroatoms. The molecule has 0 bridgehead atoms. The van der Waals surface area contributed by atoms with Crippen LogP contribution in [-0.2, 0) is 6.61 Å². The van der Waals surface area contributed by atoms with Crippen molar-refractivity contribution in [1.29, 1.82) is 5.26 Å². The van der Waals surface area contributed by atoms with Gasteiger partial charge < -0.3 is 13.9 Å². The summed E-state index contributed by atoms with van der Waals surface area (Å²) in [6.07, 6.45) is 1.57. The molecule has 200 valence electrons. The molecule has 6 aromatic rings. The summed E-state index contributed by atoms with van der Waals surface area (Å²) < 4.78 is 19.8. The lowest BCUT2D eigenvalue weighted by Gasteiger charge is -2.14. The van der Waals surface area contributed by atoms with Gasteiger partial charge >= 0.3 is 0 Å². The molecule has 0 N–H and O–H groups in total. The smallest absolute Gasteiger partial charge is 0.282 e. The number of methoxy groups -OCH3 is 1. The van der Waals surface area contributed by atoms with Crippen LogP contribution in [0.2, 0.25) is 0 Å². The number of para-hydroxylation sites is 2. The Bertz CT molecular complexity index is 2020. The fraction of sp³-hybridized carbons (Fsp3) is 0.0625. The van der Waals surface area contributed by atoms with E-state index in [1.165, 1.54) is 4.68 Å². The molecule has 2 aromatic heterocycles. The van der Waals surface area contributed by atoms with E-state index >= 15 is 0 Å². The number of rotatable bonds is 7. The van der Waals surface area contributed by atoms with Gasteiger partial charge in [-0.1, -0.05) is 48.5 Å². The minimum Gasteiger partial charge on any atom is -0.493 e. The summed E-state index contributed by atoms with van der Waals surface area (Å²) in [5, 5.41) is 15.3. The van der Waals surface area contributed by atoms with Gasteiger partial charge in [0.25, 0.3) is 5.56 Å². The summed E-state index contributed by atoms with van der Waals surface area (Å²) >= 11 is 2.16. The maximum absolute atomic E-state index is 13.6. The second-order valence-electron chi connectivity index (χ2n) is 9.05. The number of benzene rings is 4. The Labute approximate surface area is 248 Å². The average Bonchev–Trinajstić information content (AvgIpc) is 3.44. The first-order valence-electron chi connectivity index (χ1n) is 12.6. The normalized spacial score (nSPS) is 11.2. The first-order chi connectivity index (χ1) is 20.1. The summed E-state index contributed by atoms with van der Waals surface area (Å²) in [5.74, 6) is 1.76. The van der Waals surface area contributed by atoms with E-state index < -0.39 is 0 Å². The Balaban J connectivity index is 1.39. The highest BCUT2D eigenvalue weighted by Gasteiger charge is 2.17. The average molecular weight is 652 g/mol. The van der Waals surface area contributed by atoms with Crippen LogP contribution in [0.15, 0.2) is 105 Å². The molecular formula is C32H21IN4O4. The van der Waals surface area contributed by atoms with Gasteiger partial charge in [-0.2, -0.15) is 15.0 Å². The van der Waals surface area contributed by atoms with Gasteiger partial charge in [0.2, 0.25) is 5.82 Å². The van der Waals surface area contributed by atoms with Gasteiger partial charge in [0.15, 0.2) is 17.3 Å². The molecule has 41 heavy (non-hydrogen) atoms. The minimum atomic E-state index is -0.319. The monoisotopic (exact) mass is 652 g/mol. The van der Waals surface area contributed by atoms with Crippen molar-refractivity contribution < 1.29 is 13.9 Å². The van der Waals surface area contributed by atoms with Gasteiger partial charge in [-0.3, -0.25) is 4.79 Å². The number of hydrogen-bond donors (Lipinski definition) is 0. The molecule has 4 aromatic carbocycles. The second kappa shape index (κ2) is 11.3. The maximum Gasteiger partial charge on any atom is 0.282 e. The minimum absolute atomic E-state index is 0.211. The molecule has 8 nitrogen and oxygen atoms in total. The predicted molar refractivity (Wildman–Crippen MR) is 165 cm³/mol. The lowest BCUT2D eigenvalue weighted by Crippen LogP contribution is -2.20. The van der Waals surface area contributed by atoms with Gasteiger partial charge in [-0.15, -0.1) is 0 Å². The summed E-state index contributed by atoms with van der Waals surface area (Å²) in [4.78, 5) is 18.3. The Hall–Kier alpha value is -4.95. The fourth-order valence-corrected chi connectivity index (χ4v) is 5.25. The molecule has 0 aliphatic rings. The lowest BCUT2D eigenvalue weighted by molar-refractivity contribution is 0.282. The molecule has 6 rings (SSSR count). The highest BCUT2D eigenvalue weighted by Crippen LogP contribution is 2.34. The molecule has 0 saturated heterocycles. The number of fused-ring (bicyclic) bond motifs is 2. The van der Waals surface area contributed by atoms with Crippen molar-refractivity contribution in [3.05, 3.63) is 122 Å². The van der Waals surface area contributed by atoms with Crippen LogP contribution in [0.25, 0.3) is 33.5 Å². The van der Waals surface area contributed by atoms with Gasteiger partial charge in [0.1, 0.15) is 12.2 Å². The molecule has 0 radical (unpaired) electrons. The van der Waals surface area contributed by atoms with Crippen LogP contribution in [0, 0.1) is 14.9 Å². The van der Waals surface area contributed by atoms with E-state index in [0.717, 1.165) is 14.5 Å². The Morgan fingerprint density at radius 1 is 1.05 bits per heavy atom. The second-order valence-corrected chi connectivity index (χ2v) is 10.2. The molecule has 0 amide bonds. The molecule has 0 saturated carbocycles. The van der Waals surface area contributed by atoms with Crippen LogP contribution in [-0.4, -0.2) is 23.0 Å². The highest BCUT2D eigenvalue weighted by atomic mass is 127. The Morgan fingerprint density at radius 2 is 1.83 bits per heavy atom. The van der Waals surface area contributed by atoms with Crippen LogP contribution < -0.4 is 15.0 Å². The number of ether oxygens (including phenoxy) is 2. The molecule has 0 fully saturated rings. The number of halogens is 1. The number of nitrogens with zero attached hydrogens (tertiary/aromatic N) is 4. The van der Waals surface area contributed by atoms with E-state index in [0.29, 0.717) is 50.7 Å². The van der Waals surface area contributed by atoms with E-state index in [1.54, 1.807) is 43.7 Å². The van der Waals surface area contributed by atoms with Crippen molar-refractivity contribution in [3.8, 4) is 29.2 Å². The molecule has 0 atom stereocenters. The van der Waals surface area contributed by atoms with Crippen molar-refractivity contribution in [2.45, 2.75) is 6.61 Å². The van der Waals surface area contributed by atoms with Gasteiger partial charge in [0, 0.05) is 10.9 Å². The molecule has 0 aliphatic heterocycles. The predicted octanol–water partition coefficient (Wildman–Crippen LogP) is 6.76. The maximum atomic E-state index is 13.6. The van der Waals surface area contributed by atoms with Crippen molar-refractivity contribution >= 4 is 50.7 Å². The summed E-state index contributed by atoms with van der Waals surface area (Å²) in [6, 6.07) is 29.7. The first kappa shape index (κ1) is 26.3. The van der Waals surface area contributed by atoms with E-state index in [-0.39, 0.29) is 12.2 Å². The van der Waals surface area contributed by atoms with Crippen LogP contribution in [0.3, 0.4) is 0 Å². The molecule has 2 heterocycles. The summed E-state index contributed by atoms with van der Waals surface area (Å²) in [6.45, 7) is 0.211. The van der Waals surface area contributed by atoms with E-state index in [4.69, 9.17) is 18.9 Å². The third-order valence-corrected chi connectivity index (χ3v) is 7.28. The third kappa shape index (κ3) is 5.17. The number of furan rings is 1. The summed E-state index contributed by atoms with van der Waals surface area (Å²) in [5.41, 5.74) is 2.94. The van der Waals surface area contributed by atoms with Crippen molar-refractivity contribution in [3.63, 3.8) is 0 Å². The Kier molecular flexibility index (Phi) is 7.22. The molecule has 0 unspecified atom stereocenters. The quantitative estimate of drug-likeness (QED) is 0.140. The van der Waals surface area contributed by atoms with Crippen LogP contribution in [0.5, 0.6) is 11.5 Å². The summed E-state index contributed by atoms with van der Waals surface area (Å²) in [7, 11) is 1.56. The van der Waals surface area contributed by atoms with Crippen molar-refractivity contribution in [1.82, 2.24) is 9.66 Å². The highest BCUT2D eigenvalue weighted by molar-refractivity contribution is 14.1. The number of nitriles is 1. The number of hydrogen-bond acceptors (Lipinski definition) is 7. The van der Waals surface area contributed by atoms with Gasteiger partial charge in [-0.25, -0.2) is 4.98 Å². The first-order valence-corrected chi connectivity index (χ1v) is 13.7. The zero-order valence-corrected chi connectivity index (χ0v) is 23.9. The SMILES string of the molecule is COc1cc(C=Nn2c(-c3cc4ccccc4o3)nc3ccccc3c2=O)cc(I)c1OCc1ccccc1C#N. The fourth-order valence-electron chi connectivity index (χ4n) is 4.47. The topological polar surface area (TPSA) is 103 Å². The molecule has 0 spiro atoms. The zero-order valence-electron chi connectivity index (χ0n) is 21.7. The zero-order chi connectivity index (χ0) is 28.3. The largest absolute Gasteiger partial charge is 0.493 e. The lowest BCUT2D eigenvalue weighted by atomic mass is 10.1. The molecular weight excluding hydrogens is 631 g/mol. The van der Waals surface area contributed by atoms with E-state index in [9.17, 15) is 10.1 Å². The van der Waals surface area contributed by atoms with Crippen molar-refractivity contribution in [2.24, 2.45) is 5.10 Å². The van der Waals surface area contributed by atoms with Crippen LogP contribution in [0.1, 0.15) is 16.7 Å². The third-order valence-electron chi connectivity index (χ3n) is 6.48. The number of aromatic nitrogens is 2. The molecule has 0 aliphatic carbocycles. The van der Waals surface area contributed by atoms with Gasteiger partial charge in [-0.05, 0) is 70.6 Å². The standard InChI is InChI=1S/C32H21IN4O4/c1-39-28-15-20(14-25(33)30(28)40-19-23-10-3-2-9-22(23)17-34)18-35-37-31(29-16-21-8-4-7-13-27(21)41-29)36-26-12-6-5-11-24(26)32(37)38/h2-16,18H,19H2,1H3. The van der Waals surface area contributed by atoms with Crippen LogP contribution in [0.4, 0.5) is 0 Å².